The molecule has 1 heterocycles. The number of aliphatic imine (C=N–C) groups is 1. The van der Waals surface area contributed by atoms with Gasteiger partial charge in [-0.1, -0.05) is 12.1 Å². The van der Waals surface area contributed by atoms with Gasteiger partial charge >= 0.3 is 0 Å². The van der Waals surface area contributed by atoms with E-state index in [-0.39, 0.29) is 11.7 Å². The minimum absolute atomic E-state index is 0.109. The second-order valence-electron chi connectivity index (χ2n) is 6.45. The summed E-state index contributed by atoms with van der Waals surface area (Å²) in [4.78, 5) is 18.5. The maximum absolute atomic E-state index is 11.5. The van der Waals surface area contributed by atoms with E-state index in [0.717, 1.165) is 44.0 Å². The van der Waals surface area contributed by atoms with Crippen molar-refractivity contribution in [2.24, 2.45) is 10.9 Å². The number of phenols is 1. The number of likely N-dealkylation sites (tertiary alicyclic amines) is 1. The fourth-order valence-corrected chi connectivity index (χ4v) is 3.16. The molecule has 1 fully saturated rings. The van der Waals surface area contributed by atoms with E-state index >= 15 is 0 Å². The van der Waals surface area contributed by atoms with Crippen molar-refractivity contribution in [2.45, 2.75) is 32.7 Å². The molecule has 1 amide bonds. The Morgan fingerprint density at radius 1 is 1.38 bits per heavy atom. The number of phenolic OH excluding ortho intramolecular Hbond substituents is 1. The van der Waals surface area contributed by atoms with Gasteiger partial charge in [0.25, 0.3) is 0 Å². The van der Waals surface area contributed by atoms with E-state index < -0.39 is 0 Å². The molecule has 1 aliphatic rings. The van der Waals surface area contributed by atoms with Gasteiger partial charge in [-0.05, 0) is 31.7 Å². The van der Waals surface area contributed by atoms with Crippen molar-refractivity contribution in [1.82, 2.24) is 15.5 Å². The first-order valence-corrected chi connectivity index (χ1v) is 9.17. The van der Waals surface area contributed by atoms with E-state index in [4.69, 9.17) is 4.74 Å². The topological polar surface area (TPSA) is 86.2 Å². The first kappa shape index (κ1) is 19.9. The number of hydrogen-bond donors (Lipinski definition) is 3. The quantitative estimate of drug-likeness (QED) is 0.530. The number of para-hydroxylation sites is 1. The molecule has 2 rings (SSSR count). The molecular weight excluding hydrogens is 332 g/mol. The van der Waals surface area contributed by atoms with Crippen LogP contribution in [0.5, 0.6) is 11.5 Å². The number of aromatic hydroxyl groups is 1. The molecule has 3 N–H and O–H groups in total. The summed E-state index contributed by atoms with van der Waals surface area (Å²) >= 11 is 0. The van der Waals surface area contributed by atoms with Gasteiger partial charge in [0.05, 0.1) is 13.7 Å². The highest BCUT2D eigenvalue weighted by atomic mass is 16.5. The van der Waals surface area contributed by atoms with Gasteiger partial charge in [0.15, 0.2) is 17.5 Å². The van der Waals surface area contributed by atoms with E-state index in [1.807, 2.05) is 19.1 Å². The standard InChI is InChI=1S/C19H30N4O3/c1-4-21-19(22-13-15-6-5-7-16(26-3)18(15)25)23-10-8-14(9-11-23)12-17(24)20-2/h5-7,14,25H,4,8-13H2,1-3H3,(H,20,24)(H,21,22). The number of methoxy groups -OCH3 is 1. The zero-order valence-electron chi connectivity index (χ0n) is 15.9. The smallest absolute Gasteiger partial charge is 0.220 e. The van der Waals surface area contributed by atoms with Crippen LogP contribution in [0.2, 0.25) is 0 Å². The molecule has 0 aliphatic carbocycles. The average molecular weight is 362 g/mol. The molecule has 0 radical (unpaired) electrons. The minimum atomic E-state index is 0.109. The lowest BCUT2D eigenvalue weighted by Crippen LogP contribution is -2.46. The Morgan fingerprint density at radius 3 is 2.73 bits per heavy atom. The lowest BCUT2D eigenvalue weighted by molar-refractivity contribution is -0.121. The van der Waals surface area contributed by atoms with E-state index in [1.54, 1.807) is 13.1 Å². The SMILES string of the molecule is CCNC(=NCc1cccc(OC)c1O)N1CCC(CC(=O)NC)CC1. The number of amides is 1. The highest BCUT2D eigenvalue weighted by molar-refractivity contribution is 5.80. The zero-order chi connectivity index (χ0) is 18.9. The van der Waals surface area contributed by atoms with E-state index in [2.05, 4.69) is 20.5 Å². The first-order valence-electron chi connectivity index (χ1n) is 9.17. The summed E-state index contributed by atoms with van der Waals surface area (Å²) in [7, 11) is 3.22. The number of nitrogens with one attached hydrogen (secondary N) is 2. The summed E-state index contributed by atoms with van der Waals surface area (Å²) in [6.07, 6.45) is 2.54. The fraction of sp³-hybridized carbons (Fsp3) is 0.579. The summed E-state index contributed by atoms with van der Waals surface area (Å²) in [6.45, 7) is 4.94. The highest BCUT2D eigenvalue weighted by Gasteiger charge is 2.23. The molecule has 1 aliphatic heterocycles. The Morgan fingerprint density at radius 2 is 2.12 bits per heavy atom. The van der Waals surface area contributed by atoms with Crippen LogP contribution < -0.4 is 15.4 Å². The largest absolute Gasteiger partial charge is 0.504 e. The third-order valence-corrected chi connectivity index (χ3v) is 4.70. The number of carbonyl (C=O) groups is 1. The van der Waals surface area contributed by atoms with Crippen LogP contribution in [-0.4, -0.2) is 55.7 Å². The lowest BCUT2D eigenvalue weighted by Gasteiger charge is -2.34. The van der Waals surface area contributed by atoms with Crippen molar-refractivity contribution >= 4 is 11.9 Å². The monoisotopic (exact) mass is 362 g/mol. The Labute approximate surface area is 155 Å². The highest BCUT2D eigenvalue weighted by Crippen LogP contribution is 2.30. The number of rotatable bonds is 6. The molecule has 0 spiro atoms. The van der Waals surface area contributed by atoms with Gasteiger partial charge in [0.2, 0.25) is 5.91 Å². The second kappa shape index (κ2) is 9.89. The van der Waals surface area contributed by atoms with Crippen molar-refractivity contribution in [3.8, 4) is 11.5 Å². The molecule has 0 unspecified atom stereocenters. The van der Waals surface area contributed by atoms with Crippen LogP contribution in [0.1, 0.15) is 31.7 Å². The van der Waals surface area contributed by atoms with Crippen LogP contribution in [-0.2, 0) is 11.3 Å². The van der Waals surface area contributed by atoms with Crippen molar-refractivity contribution < 1.29 is 14.6 Å². The van der Waals surface area contributed by atoms with E-state index in [0.29, 0.717) is 24.6 Å². The van der Waals surface area contributed by atoms with Crippen molar-refractivity contribution in [1.29, 1.82) is 0 Å². The maximum Gasteiger partial charge on any atom is 0.220 e. The van der Waals surface area contributed by atoms with Crippen LogP contribution >= 0.6 is 0 Å². The van der Waals surface area contributed by atoms with Crippen LogP contribution in [0.3, 0.4) is 0 Å². The van der Waals surface area contributed by atoms with E-state index in [9.17, 15) is 9.90 Å². The Kier molecular flexibility index (Phi) is 7.56. The molecule has 0 bridgehead atoms. The van der Waals surface area contributed by atoms with Crippen LogP contribution in [0.4, 0.5) is 0 Å². The molecule has 0 saturated carbocycles. The summed E-state index contributed by atoms with van der Waals surface area (Å²) < 4.78 is 5.15. The van der Waals surface area contributed by atoms with Crippen molar-refractivity contribution in [2.75, 3.05) is 33.8 Å². The van der Waals surface area contributed by atoms with E-state index in [1.165, 1.54) is 7.11 Å². The number of piperidine rings is 1. The molecule has 26 heavy (non-hydrogen) atoms. The average Bonchev–Trinajstić information content (AvgIpc) is 2.66. The summed E-state index contributed by atoms with van der Waals surface area (Å²) in [5, 5.41) is 16.2. The fourth-order valence-electron chi connectivity index (χ4n) is 3.16. The van der Waals surface area contributed by atoms with Crippen molar-refractivity contribution in [3.05, 3.63) is 23.8 Å². The zero-order valence-corrected chi connectivity index (χ0v) is 15.9. The summed E-state index contributed by atoms with van der Waals surface area (Å²) in [5.41, 5.74) is 0.731. The molecule has 1 aromatic carbocycles. The molecule has 0 aromatic heterocycles. The molecule has 7 nitrogen and oxygen atoms in total. The third-order valence-electron chi connectivity index (χ3n) is 4.70. The molecule has 144 valence electrons. The summed E-state index contributed by atoms with van der Waals surface area (Å²) in [5.74, 6) is 1.97. The molecule has 0 atom stereocenters. The molecule has 1 saturated heterocycles. The van der Waals surface area contributed by atoms with Gasteiger partial charge in [-0.15, -0.1) is 0 Å². The molecular formula is C19H30N4O3. The van der Waals surface area contributed by atoms with Crippen molar-refractivity contribution in [3.63, 3.8) is 0 Å². The van der Waals surface area contributed by atoms with Gasteiger partial charge in [0.1, 0.15) is 0 Å². The van der Waals surface area contributed by atoms with Gasteiger partial charge in [0, 0.05) is 38.7 Å². The predicted octanol–water partition coefficient (Wildman–Crippen LogP) is 1.71. The van der Waals surface area contributed by atoms with Gasteiger partial charge in [-0.25, -0.2) is 4.99 Å². The Hall–Kier alpha value is -2.44. The number of hydrogen-bond acceptors (Lipinski definition) is 4. The number of carbonyl (C=O) groups excluding carboxylic acids is 1. The van der Waals surface area contributed by atoms with Crippen LogP contribution in [0.25, 0.3) is 0 Å². The minimum Gasteiger partial charge on any atom is -0.504 e. The predicted molar refractivity (Wildman–Crippen MR) is 102 cm³/mol. The maximum atomic E-state index is 11.5. The van der Waals surface area contributed by atoms with Crippen LogP contribution in [0.15, 0.2) is 23.2 Å². The summed E-state index contributed by atoms with van der Waals surface area (Å²) in [6, 6.07) is 5.42. The Bertz CT molecular complexity index is 625. The van der Waals surface area contributed by atoms with Crippen LogP contribution in [0, 0.1) is 5.92 Å². The molecule has 7 heteroatoms. The molecule has 1 aromatic rings. The number of benzene rings is 1. The third kappa shape index (κ3) is 5.28. The van der Waals surface area contributed by atoms with Gasteiger partial charge in [-0.2, -0.15) is 0 Å². The normalized spacial score (nSPS) is 15.7. The van der Waals surface area contributed by atoms with Gasteiger partial charge < -0.3 is 25.4 Å². The lowest BCUT2D eigenvalue weighted by atomic mass is 9.93. The first-order chi connectivity index (χ1) is 12.6. The number of ether oxygens (including phenoxy) is 1. The number of guanidine groups is 1. The van der Waals surface area contributed by atoms with Gasteiger partial charge in [-0.3, -0.25) is 4.79 Å². The Balaban J connectivity index is 2.00. The second-order valence-corrected chi connectivity index (χ2v) is 6.45. The number of nitrogens with zero attached hydrogens (tertiary/aromatic N) is 2.